The van der Waals surface area contributed by atoms with Crippen LogP contribution in [0.5, 0.6) is 5.75 Å². The summed E-state index contributed by atoms with van der Waals surface area (Å²) in [7, 11) is 1.56. The van der Waals surface area contributed by atoms with E-state index in [1.807, 2.05) is 6.07 Å². The molecule has 6 heteroatoms. The molecule has 31 heavy (non-hydrogen) atoms. The maximum atomic E-state index is 12.9. The van der Waals surface area contributed by atoms with Gasteiger partial charge in [0.2, 0.25) is 0 Å². The number of benzene rings is 2. The molecule has 0 unspecified atom stereocenters. The van der Waals surface area contributed by atoms with E-state index >= 15 is 0 Å². The molecule has 1 aliphatic rings. The second kappa shape index (κ2) is 9.35. The van der Waals surface area contributed by atoms with Crippen LogP contribution in [0.15, 0.2) is 54.6 Å². The Morgan fingerprint density at radius 1 is 1.13 bits per heavy atom. The Morgan fingerprint density at radius 3 is 2.68 bits per heavy atom. The Hall–Kier alpha value is -3.12. The SMILES string of the molecule is CCOC(=O)c1c(NC(=O)c2cccc(OC)c2)sc2c1CC[C@H](c1ccccc1)C2. The molecule has 1 amide bonds. The fourth-order valence-corrected chi connectivity index (χ4v) is 5.35. The van der Waals surface area contributed by atoms with Crippen molar-refractivity contribution in [2.45, 2.75) is 32.1 Å². The summed E-state index contributed by atoms with van der Waals surface area (Å²) < 4.78 is 10.5. The molecule has 5 nitrogen and oxygen atoms in total. The van der Waals surface area contributed by atoms with Crippen LogP contribution in [-0.2, 0) is 17.6 Å². The second-order valence-corrected chi connectivity index (χ2v) is 8.57. The highest BCUT2D eigenvalue weighted by molar-refractivity contribution is 7.17. The minimum Gasteiger partial charge on any atom is -0.497 e. The predicted molar refractivity (Wildman–Crippen MR) is 122 cm³/mol. The smallest absolute Gasteiger partial charge is 0.341 e. The number of esters is 1. The van der Waals surface area contributed by atoms with Gasteiger partial charge in [0.15, 0.2) is 0 Å². The van der Waals surface area contributed by atoms with Crippen LogP contribution >= 0.6 is 11.3 Å². The van der Waals surface area contributed by atoms with Crippen molar-refractivity contribution in [2.75, 3.05) is 19.0 Å². The van der Waals surface area contributed by atoms with Crippen LogP contribution in [-0.4, -0.2) is 25.6 Å². The van der Waals surface area contributed by atoms with E-state index in [1.54, 1.807) is 38.3 Å². The van der Waals surface area contributed by atoms with E-state index in [9.17, 15) is 9.59 Å². The van der Waals surface area contributed by atoms with Crippen LogP contribution in [0.25, 0.3) is 0 Å². The van der Waals surface area contributed by atoms with Gasteiger partial charge in [0.1, 0.15) is 10.8 Å². The summed E-state index contributed by atoms with van der Waals surface area (Å²) in [5.74, 6) is 0.362. The Labute approximate surface area is 186 Å². The van der Waals surface area contributed by atoms with E-state index in [-0.39, 0.29) is 11.9 Å². The first kappa shape index (κ1) is 21.1. The normalized spacial score (nSPS) is 15.1. The van der Waals surface area contributed by atoms with E-state index in [0.29, 0.717) is 34.4 Å². The van der Waals surface area contributed by atoms with E-state index in [0.717, 1.165) is 29.7 Å². The lowest BCUT2D eigenvalue weighted by molar-refractivity contribution is 0.0526. The number of hydrogen-bond acceptors (Lipinski definition) is 5. The molecule has 0 bridgehead atoms. The average Bonchev–Trinajstić information content (AvgIpc) is 3.16. The molecule has 1 heterocycles. The molecule has 0 spiro atoms. The van der Waals surface area contributed by atoms with Crippen molar-refractivity contribution < 1.29 is 19.1 Å². The van der Waals surface area contributed by atoms with Crippen molar-refractivity contribution >= 4 is 28.2 Å². The quantitative estimate of drug-likeness (QED) is 0.522. The first-order chi connectivity index (χ1) is 15.1. The third-order valence-electron chi connectivity index (χ3n) is 5.57. The Bertz CT molecular complexity index is 1090. The van der Waals surface area contributed by atoms with Gasteiger partial charge in [-0.2, -0.15) is 0 Å². The number of hydrogen-bond donors (Lipinski definition) is 1. The number of carbonyl (C=O) groups excluding carboxylic acids is 2. The Kier molecular flexibility index (Phi) is 6.37. The molecule has 0 aliphatic heterocycles. The fourth-order valence-electron chi connectivity index (χ4n) is 4.04. The van der Waals surface area contributed by atoms with Gasteiger partial charge in [-0.05, 0) is 61.4 Å². The van der Waals surface area contributed by atoms with Crippen molar-refractivity contribution in [1.29, 1.82) is 0 Å². The highest BCUT2D eigenvalue weighted by Gasteiger charge is 2.31. The standard InChI is InChI=1S/C25H25NO4S/c1-3-30-25(28)22-20-13-12-17(16-8-5-4-6-9-16)15-21(20)31-24(22)26-23(27)18-10-7-11-19(14-18)29-2/h4-11,14,17H,3,12-13,15H2,1-2H3,(H,26,27)/t17-/m0/s1. The molecular weight excluding hydrogens is 410 g/mol. The highest BCUT2D eigenvalue weighted by Crippen LogP contribution is 2.43. The Morgan fingerprint density at radius 2 is 1.94 bits per heavy atom. The summed E-state index contributed by atoms with van der Waals surface area (Å²) in [5, 5.41) is 3.51. The molecule has 3 aromatic rings. The van der Waals surface area contributed by atoms with Crippen LogP contribution in [0.3, 0.4) is 0 Å². The molecule has 0 saturated carbocycles. The summed E-state index contributed by atoms with van der Waals surface area (Å²) >= 11 is 1.48. The Balaban J connectivity index is 1.65. The topological polar surface area (TPSA) is 64.6 Å². The number of rotatable bonds is 6. The summed E-state index contributed by atoms with van der Waals surface area (Å²) in [5.41, 5.74) is 3.30. The molecule has 0 fully saturated rings. The van der Waals surface area contributed by atoms with Crippen LogP contribution in [0.2, 0.25) is 0 Å². The van der Waals surface area contributed by atoms with Crippen molar-refractivity contribution in [3.8, 4) is 5.75 Å². The first-order valence-electron chi connectivity index (χ1n) is 10.4. The molecule has 0 saturated heterocycles. The third kappa shape index (κ3) is 4.49. The predicted octanol–water partition coefficient (Wildman–Crippen LogP) is 5.46. The van der Waals surface area contributed by atoms with Gasteiger partial charge in [0.25, 0.3) is 5.91 Å². The van der Waals surface area contributed by atoms with E-state index in [2.05, 4.69) is 29.6 Å². The van der Waals surface area contributed by atoms with Crippen molar-refractivity contribution in [3.05, 3.63) is 81.7 Å². The maximum Gasteiger partial charge on any atom is 0.341 e. The lowest BCUT2D eigenvalue weighted by Crippen LogP contribution is -2.17. The molecule has 0 radical (unpaired) electrons. The summed E-state index contributed by atoms with van der Waals surface area (Å²) in [6, 6.07) is 17.4. The van der Waals surface area contributed by atoms with Crippen LogP contribution in [0.4, 0.5) is 5.00 Å². The fraction of sp³-hybridized carbons (Fsp3) is 0.280. The second-order valence-electron chi connectivity index (χ2n) is 7.46. The molecule has 1 atom stereocenters. The van der Waals surface area contributed by atoms with Crippen molar-refractivity contribution in [3.63, 3.8) is 0 Å². The van der Waals surface area contributed by atoms with Crippen molar-refractivity contribution in [1.82, 2.24) is 0 Å². The molecule has 1 aliphatic carbocycles. The van der Waals surface area contributed by atoms with Gasteiger partial charge in [-0.1, -0.05) is 36.4 Å². The molecule has 1 N–H and O–H groups in total. The number of carbonyl (C=O) groups is 2. The number of nitrogens with one attached hydrogen (secondary N) is 1. The van der Waals surface area contributed by atoms with E-state index in [1.165, 1.54) is 16.9 Å². The van der Waals surface area contributed by atoms with Gasteiger partial charge < -0.3 is 14.8 Å². The number of thiophene rings is 1. The minimum absolute atomic E-state index is 0.275. The molecule has 2 aromatic carbocycles. The monoisotopic (exact) mass is 435 g/mol. The first-order valence-corrected chi connectivity index (χ1v) is 11.2. The number of fused-ring (bicyclic) bond motifs is 1. The van der Waals surface area contributed by atoms with Crippen molar-refractivity contribution in [2.24, 2.45) is 0 Å². The van der Waals surface area contributed by atoms with Crippen LogP contribution in [0, 0.1) is 0 Å². The van der Waals surface area contributed by atoms with Gasteiger partial charge in [0.05, 0.1) is 19.3 Å². The average molecular weight is 436 g/mol. The number of amides is 1. The third-order valence-corrected chi connectivity index (χ3v) is 6.74. The van der Waals surface area contributed by atoms with Crippen LogP contribution < -0.4 is 10.1 Å². The lowest BCUT2D eigenvalue weighted by Gasteiger charge is -2.23. The zero-order valence-electron chi connectivity index (χ0n) is 17.6. The van der Waals surface area contributed by atoms with Gasteiger partial charge in [-0.15, -0.1) is 11.3 Å². The number of ether oxygens (including phenoxy) is 2. The number of anilines is 1. The lowest BCUT2D eigenvalue weighted by atomic mass is 9.83. The van der Waals surface area contributed by atoms with Gasteiger partial charge in [-0.3, -0.25) is 4.79 Å². The molecular formula is C25H25NO4S. The summed E-state index contributed by atoms with van der Waals surface area (Å²) in [4.78, 5) is 26.8. The molecule has 1 aromatic heterocycles. The zero-order valence-corrected chi connectivity index (χ0v) is 18.5. The van der Waals surface area contributed by atoms with Gasteiger partial charge >= 0.3 is 5.97 Å². The van der Waals surface area contributed by atoms with Gasteiger partial charge in [-0.25, -0.2) is 4.79 Å². The van der Waals surface area contributed by atoms with Gasteiger partial charge in [0, 0.05) is 10.4 Å². The highest BCUT2D eigenvalue weighted by atomic mass is 32.1. The van der Waals surface area contributed by atoms with E-state index < -0.39 is 0 Å². The summed E-state index contributed by atoms with van der Waals surface area (Å²) in [6.45, 7) is 2.08. The van der Waals surface area contributed by atoms with Crippen LogP contribution in [0.1, 0.15) is 56.0 Å². The minimum atomic E-state index is -0.376. The largest absolute Gasteiger partial charge is 0.497 e. The molecule has 4 rings (SSSR count). The number of methoxy groups -OCH3 is 1. The molecule has 160 valence electrons. The maximum absolute atomic E-state index is 12.9. The van der Waals surface area contributed by atoms with E-state index in [4.69, 9.17) is 9.47 Å². The summed E-state index contributed by atoms with van der Waals surface area (Å²) in [6.07, 6.45) is 2.60. The zero-order chi connectivity index (χ0) is 21.8.